The van der Waals surface area contributed by atoms with Crippen molar-refractivity contribution in [3.63, 3.8) is 0 Å². The Kier molecular flexibility index (Phi) is 5.99. The number of likely N-dealkylation sites (N-methyl/N-ethyl adjacent to an activating group) is 1. The number of hydrogen-bond donors (Lipinski definition) is 1. The number of aromatic nitrogens is 5. The highest BCUT2D eigenvalue weighted by atomic mass is 16.5. The first kappa shape index (κ1) is 20.0. The fourth-order valence-corrected chi connectivity index (χ4v) is 3.13. The van der Waals surface area contributed by atoms with Crippen molar-refractivity contribution in [3.05, 3.63) is 47.9 Å². The summed E-state index contributed by atoms with van der Waals surface area (Å²) in [5.41, 5.74) is 0.780. The molecule has 9 heteroatoms. The van der Waals surface area contributed by atoms with Gasteiger partial charge in [0.1, 0.15) is 11.6 Å². The van der Waals surface area contributed by atoms with Crippen molar-refractivity contribution >= 4 is 17.8 Å². The molecule has 9 nitrogen and oxygen atoms in total. The zero-order chi connectivity index (χ0) is 20.9. The van der Waals surface area contributed by atoms with Gasteiger partial charge in [-0.25, -0.2) is 4.98 Å². The van der Waals surface area contributed by atoms with Gasteiger partial charge in [-0.1, -0.05) is 25.1 Å². The SMILES string of the molecule is CCc1nc(Nc2nc(C)cc(Oc3ccccc3)n2)nc(N2CCN(C)CC2)n1. The molecule has 0 bridgehead atoms. The molecule has 1 fully saturated rings. The number of aryl methyl sites for hydroxylation is 2. The fourth-order valence-electron chi connectivity index (χ4n) is 3.13. The molecule has 0 atom stereocenters. The van der Waals surface area contributed by atoms with Gasteiger partial charge in [0.25, 0.3) is 0 Å². The number of rotatable bonds is 6. The largest absolute Gasteiger partial charge is 0.439 e. The lowest BCUT2D eigenvalue weighted by Crippen LogP contribution is -2.45. The molecule has 1 aliphatic rings. The van der Waals surface area contributed by atoms with E-state index in [9.17, 15) is 0 Å². The van der Waals surface area contributed by atoms with E-state index in [1.807, 2.05) is 44.2 Å². The maximum atomic E-state index is 5.85. The highest BCUT2D eigenvalue weighted by Gasteiger charge is 2.18. The van der Waals surface area contributed by atoms with E-state index in [-0.39, 0.29) is 0 Å². The van der Waals surface area contributed by atoms with Crippen LogP contribution in [0.15, 0.2) is 36.4 Å². The van der Waals surface area contributed by atoms with Crippen LogP contribution < -0.4 is 15.0 Å². The summed E-state index contributed by atoms with van der Waals surface area (Å²) in [5.74, 6) is 3.42. The Morgan fingerprint density at radius 2 is 1.67 bits per heavy atom. The quantitative estimate of drug-likeness (QED) is 0.663. The topological polar surface area (TPSA) is 92.2 Å². The molecule has 1 aromatic carbocycles. The predicted octanol–water partition coefficient (Wildman–Crippen LogP) is 2.82. The molecule has 0 radical (unpaired) electrons. The third-order valence-corrected chi connectivity index (χ3v) is 4.79. The lowest BCUT2D eigenvalue weighted by Gasteiger charge is -2.32. The summed E-state index contributed by atoms with van der Waals surface area (Å²) in [6.45, 7) is 7.67. The summed E-state index contributed by atoms with van der Waals surface area (Å²) in [5, 5.41) is 3.13. The Labute approximate surface area is 176 Å². The molecule has 0 amide bonds. The molecular weight excluding hydrogens is 380 g/mol. The zero-order valence-electron chi connectivity index (χ0n) is 17.5. The third-order valence-electron chi connectivity index (χ3n) is 4.79. The number of nitrogens with one attached hydrogen (secondary N) is 1. The van der Waals surface area contributed by atoms with Gasteiger partial charge in [-0.3, -0.25) is 5.32 Å². The number of ether oxygens (including phenoxy) is 1. The van der Waals surface area contributed by atoms with Crippen molar-refractivity contribution in [2.24, 2.45) is 0 Å². The van der Waals surface area contributed by atoms with Gasteiger partial charge >= 0.3 is 0 Å². The predicted molar refractivity (Wildman–Crippen MR) is 115 cm³/mol. The van der Waals surface area contributed by atoms with Crippen LogP contribution in [0.25, 0.3) is 0 Å². The molecular formula is C21H26N8O. The minimum absolute atomic E-state index is 0.388. The summed E-state index contributed by atoms with van der Waals surface area (Å²) in [6, 6.07) is 11.3. The Morgan fingerprint density at radius 3 is 2.40 bits per heavy atom. The van der Waals surface area contributed by atoms with E-state index in [0.29, 0.717) is 29.5 Å². The van der Waals surface area contributed by atoms with Crippen LogP contribution in [-0.2, 0) is 6.42 Å². The molecule has 4 rings (SSSR count). The zero-order valence-corrected chi connectivity index (χ0v) is 17.5. The average Bonchev–Trinajstić information content (AvgIpc) is 2.74. The van der Waals surface area contributed by atoms with Crippen LogP contribution in [0.2, 0.25) is 0 Å². The monoisotopic (exact) mass is 406 g/mol. The first-order valence-corrected chi connectivity index (χ1v) is 10.1. The van der Waals surface area contributed by atoms with Gasteiger partial charge in [-0.05, 0) is 26.1 Å². The smallest absolute Gasteiger partial charge is 0.234 e. The van der Waals surface area contributed by atoms with Crippen molar-refractivity contribution in [1.29, 1.82) is 0 Å². The van der Waals surface area contributed by atoms with Crippen LogP contribution in [0.5, 0.6) is 11.6 Å². The number of benzene rings is 1. The number of piperazine rings is 1. The number of hydrogen-bond acceptors (Lipinski definition) is 9. The van der Waals surface area contributed by atoms with Crippen LogP contribution in [0, 0.1) is 6.92 Å². The molecule has 156 valence electrons. The maximum absolute atomic E-state index is 5.85. The molecule has 0 spiro atoms. The van der Waals surface area contributed by atoms with E-state index in [1.54, 1.807) is 6.07 Å². The Bertz CT molecular complexity index is 990. The first-order chi connectivity index (χ1) is 14.6. The van der Waals surface area contributed by atoms with Crippen molar-refractivity contribution < 1.29 is 4.74 Å². The molecule has 0 aliphatic carbocycles. The highest BCUT2D eigenvalue weighted by Crippen LogP contribution is 2.22. The Morgan fingerprint density at radius 1 is 0.933 bits per heavy atom. The first-order valence-electron chi connectivity index (χ1n) is 10.1. The molecule has 1 aliphatic heterocycles. The molecule has 1 N–H and O–H groups in total. The molecule has 0 saturated carbocycles. The van der Waals surface area contributed by atoms with Gasteiger partial charge in [-0.2, -0.15) is 19.9 Å². The van der Waals surface area contributed by atoms with E-state index >= 15 is 0 Å². The van der Waals surface area contributed by atoms with Crippen molar-refractivity contribution in [1.82, 2.24) is 29.8 Å². The second-order valence-corrected chi connectivity index (χ2v) is 7.23. The summed E-state index contributed by atoms with van der Waals surface area (Å²) in [6.07, 6.45) is 0.717. The van der Waals surface area contributed by atoms with Crippen molar-refractivity contribution in [2.75, 3.05) is 43.4 Å². The van der Waals surface area contributed by atoms with Crippen LogP contribution in [0.3, 0.4) is 0 Å². The minimum atomic E-state index is 0.388. The minimum Gasteiger partial charge on any atom is -0.439 e. The number of para-hydroxylation sites is 1. The lowest BCUT2D eigenvalue weighted by molar-refractivity contribution is 0.311. The third kappa shape index (κ3) is 4.98. The van der Waals surface area contributed by atoms with E-state index < -0.39 is 0 Å². The molecule has 3 heterocycles. The maximum Gasteiger partial charge on any atom is 0.234 e. The van der Waals surface area contributed by atoms with Crippen molar-refractivity contribution in [2.45, 2.75) is 20.3 Å². The van der Waals surface area contributed by atoms with Crippen LogP contribution >= 0.6 is 0 Å². The summed E-state index contributed by atoms with van der Waals surface area (Å²) >= 11 is 0. The summed E-state index contributed by atoms with van der Waals surface area (Å²) in [4.78, 5) is 27.2. The van der Waals surface area contributed by atoms with Gasteiger partial charge in [0.05, 0.1) is 0 Å². The van der Waals surface area contributed by atoms with Gasteiger partial charge in [0.15, 0.2) is 0 Å². The lowest BCUT2D eigenvalue weighted by atomic mass is 10.3. The summed E-state index contributed by atoms with van der Waals surface area (Å²) < 4.78 is 5.85. The van der Waals surface area contributed by atoms with E-state index in [2.05, 4.69) is 47.1 Å². The molecule has 30 heavy (non-hydrogen) atoms. The van der Waals surface area contributed by atoms with E-state index in [0.717, 1.165) is 44.1 Å². The highest BCUT2D eigenvalue weighted by molar-refractivity contribution is 5.47. The second-order valence-electron chi connectivity index (χ2n) is 7.23. The Hall–Kier alpha value is -3.33. The van der Waals surface area contributed by atoms with Crippen molar-refractivity contribution in [3.8, 4) is 11.6 Å². The fraction of sp³-hybridized carbons (Fsp3) is 0.381. The van der Waals surface area contributed by atoms with Gasteiger partial charge in [-0.15, -0.1) is 0 Å². The van der Waals surface area contributed by atoms with E-state index in [4.69, 9.17) is 4.74 Å². The molecule has 0 unspecified atom stereocenters. The second kappa shape index (κ2) is 9.00. The molecule has 1 saturated heterocycles. The number of nitrogens with zero attached hydrogens (tertiary/aromatic N) is 7. The Balaban J connectivity index is 1.56. The standard InChI is InChI=1S/C21H26N8O/c1-4-17-23-20(27-21(24-17)29-12-10-28(3)11-13-29)26-19-22-15(2)14-18(25-19)30-16-8-6-5-7-9-16/h5-9,14H,4,10-13H2,1-3H3,(H,22,23,24,25,26,27). The molecule has 3 aromatic rings. The van der Waals surface area contributed by atoms with Gasteiger partial charge < -0.3 is 14.5 Å². The van der Waals surface area contributed by atoms with Crippen LogP contribution in [-0.4, -0.2) is 63.0 Å². The molecule has 2 aromatic heterocycles. The van der Waals surface area contributed by atoms with E-state index in [1.165, 1.54) is 0 Å². The number of anilines is 3. The van der Waals surface area contributed by atoms with Crippen LogP contribution in [0.4, 0.5) is 17.8 Å². The van der Waals surface area contributed by atoms with Crippen LogP contribution in [0.1, 0.15) is 18.4 Å². The normalized spacial score (nSPS) is 14.6. The average molecular weight is 406 g/mol. The van der Waals surface area contributed by atoms with Gasteiger partial charge in [0.2, 0.25) is 23.7 Å². The summed E-state index contributed by atoms with van der Waals surface area (Å²) in [7, 11) is 2.12. The van der Waals surface area contributed by atoms with Gasteiger partial charge in [0, 0.05) is 44.4 Å².